The van der Waals surface area contributed by atoms with E-state index in [-0.39, 0.29) is 6.04 Å². The van der Waals surface area contributed by atoms with Crippen LogP contribution in [-0.4, -0.2) is 37.3 Å². The van der Waals surface area contributed by atoms with E-state index in [1.54, 1.807) is 6.07 Å². The van der Waals surface area contributed by atoms with Gasteiger partial charge in [-0.2, -0.15) is 0 Å². The van der Waals surface area contributed by atoms with Crippen molar-refractivity contribution >= 4 is 59.0 Å². The number of hydrogen-bond acceptors (Lipinski definition) is 3. The molecule has 0 bridgehead atoms. The quantitative estimate of drug-likeness (QED) is 0.489. The Balaban J connectivity index is 2.17. The molecule has 0 aromatic heterocycles. The maximum Gasteiger partial charge on any atom is 0.495 e. The number of rotatable bonds is 4. The Morgan fingerprint density at radius 3 is 1.83 bits per heavy atom. The van der Waals surface area contributed by atoms with E-state index in [0.717, 1.165) is 16.6 Å². The van der Waals surface area contributed by atoms with Crippen molar-refractivity contribution in [2.75, 3.05) is 14.1 Å². The average Bonchev–Trinajstić information content (AvgIpc) is 2.81. The second kappa shape index (κ2) is 8.24. The normalized spacial score (nSPS) is 19.1. The highest BCUT2D eigenvalue weighted by Gasteiger charge is 2.52. The molecule has 1 heterocycles. The molecule has 29 heavy (non-hydrogen) atoms. The van der Waals surface area contributed by atoms with Gasteiger partial charge in [0.25, 0.3) is 0 Å². The molecule has 1 atom stereocenters. The first kappa shape index (κ1) is 23.2. The van der Waals surface area contributed by atoms with Crippen molar-refractivity contribution in [2.45, 2.75) is 44.9 Å². The van der Waals surface area contributed by atoms with E-state index in [2.05, 4.69) is 4.90 Å². The van der Waals surface area contributed by atoms with Gasteiger partial charge in [-0.05, 0) is 82.6 Å². The Bertz CT molecular complexity index is 917. The summed E-state index contributed by atoms with van der Waals surface area (Å²) in [4.78, 5) is 2.08. The summed E-state index contributed by atoms with van der Waals surface area (Å²) in [5.74, 6) is 0. The molecule has 156 valence electrons. The van der Waals surface area contributed by atoms with Crippen molar-refractivity contribution in [1.82, 2.24) is 4.90 Å². The van der Waals surface area contributed by atoms with E-state index in [0.29, 0.717) is 20.1 Å². The summed E-state index contributed by atoms with van der Waals surface area (Å²) in [6, 6.07) is 9.16. The van der Waals surface area contributed by atoms with Crippen LogP contribution in [0.4, 0.5) is 0 Å². The third kappa shape index (κ3) is 4.45. The van der Waals surface area contributed by atoms with Gasteiger partial charge in [-0.3, -0.25) is 4.90 Å². The molecule has 0 aliphatic carbocycles. The monoisotopic (exact) mass is 473 g/mol. The Labute approximate surface area is 193 Å². The molecule has 1 aliphatic rings. The Hall–Kier alpha value is -0.455. The van der Waals surface area contributed by atoms with E-state index in [9.17, 15) is 0 Å². The van der Waals surface area contributed by atoms with E-state index < -0.39 is 18.3 Å². The van der Waals surface area contributed by atoms with Crippen LogP contribution in [0.3, 0.4) is 0 Å². The molecule has 2 aromatic rings. The van der Waals surface area contributed by atoms with E-state index in [1.807, 2.05) is 66.1 Å². The molecule has 1 aliphatic heterocycles. The average molecular weight is 475 g/mol. The number of benzene rings is 2. The van der Waals surface area contributed by atoms with Crippen LogP contribution in [0, 0.1) is 0 Å². The Morgan fingerprint density at radius 2 is 1.31 bits per heavy atom. The topological polar surface area (TPSA) is 21.7 Å². The van der Waals surface area contributed by atoms with Gasteiger partial charge in [-0.15, -0.1) is 0 Å². The SMILES string of the molecule is CN(C)[C@@H](c1ccc(Cl)c(Cl)c1)c1cc(Cl)c(Cl)cc1B1OC(C)(C)C(C)(C)O1. The Morgan fingerprint density at radius 1 is 0.793 bits per heavy atom. The standard InChI is InChI=1S/C21H24BCl4NO2/c1-20(2)21(3,4)29-22(28-20)14-11-18(26)17(25)10-13(14)19(27(5)6)12-7-8-15(23)16(24)9-12/h7-11,19H,1-6H3/t19-/m0/s1. The minimum atomic E-state index is -0.574. The van der Waals surface area contributed by atoms with Gasteiger partial charge in [-0.1, -0.05) is 52.5 Å². The first-order valence-corrected chi connectivity index (χ1v) is 10.8. The van der Waals surface area contributed by atoms with E-state index in [1.165, 1.54) is 0 Å². The highest BCUT2D eigenvalue weighted by molar-refractivity contribution is 6.63. The van der Waals surface area contributed by atoms with Crippen molar-refractivity contribution < 1.29 is 9.31 Å². The lowest BCUT2D eigenvalue weighted by molar-refractivity contribution is 0.00578. The van der Waals surface area contributed by atoms with Crippen LogP contribution in [0.15, 0.2) is 30.3 Å². The fourth-order valence-corrected chi connectivity index (χ4v) is 4.08. The maximum absolute atomic E-state index is 6.42. The minimum absolute atomic E-state index is 0.159. The fourth-order valence-electron chi connectivity index (χ4n) is 3.43. The third-order valence-corrected chi connectivity index (χ3v) is 7.16. The van der Waals surface area contributed by atoms with Gasteiger partial charge >= 0.3 is 7.12 Å². The predicted molar refractivity (Wildman–Crippen MR) is 124 cm³/mol. The summed E-state index contributed by atoms with van der Waals surface area (Å²) in [7, 11) is 3.41. The minimum Gasteiger partial charge on any atom is -0.399 e. The second-order valence-electron chi connectivity index (χ2n) is 8.52. The molecule has 3 nitrogen and oxygen atoms in total. The van der Waals surface area contributed by atoms with Crippen LogP contribution >= 0.6 is 46.4 Å². The molecule has 3 rings (SSSR count). The van der Waals surface area contributed by atoms with Gasteiger partial charge in [0.15, 0.2) is 0 Å². The van der Waals surface area contributed by atoms with Crippen molar-refractivity contribution in [3.05, 3.63) is 61.5 Å². The highest BCUT2D eigenvalue weighted by Crippen LogP contribution is 2.39. The molecule has 1 fully saturated rings. The third-order valence-electron chi connectivity index (χ3n) is 5.70. The number of nitrogens with zero attached hydrogens (tertiary/aromatic N) is 1. The van der Waals surface area contributed by atoms with Gasteiger partial charge in [0, 0.05) is 0 Å². The Kier molecular flexibility index (Phi) is 6.59. The van der Waals surface area contributed by atoms with Crippen molar-refractivity contribution in [2.24, 2.45) is 0 Å². The van der Waals surface area contributed by atoms with Crippen molar-refractivity contribution in [3.63, 3.8) is 0 Å². The van der Waals surface area contributed by atoms with E-state index >= 15 is 0 Å². The van der Waals surface area contributed by atoms with Crippen LogP contribution in [0.2, 0.25) is 20.1 Å². The molecule has 0 radical (unpaired) electrons. The summed E-state index contributed by atoms with van der Waals surface area (Å²) in [6.07, 6.45) is 0. The second-order valence-corrected chi connectivity index (χ2v) is 10.2. The molecular weight excluding hydrogens is 451 g/mol. The van der Waals surface area contributed by atoms with Gasteiger partial charge in [0.2, 0.25) is 0 Å². The molecule has 0 N–H and O–H groups in total. The highest BCUT2D eigenvalue weighted by atomic mass is 35.5. The van der Waals surface area contributed by atoms with Gasteiger partial charge < -0.3 is 9.31 Å². The molecule has 0 saturated carbocycles. The molecule has 0 spiro atoms. The van der Waals surface area contributed by atoms with Gasteiger partial charge in [0.05, 0.1) is 37.3 Å². The van der Waals surface area contributed by atoms with Crippen molar-refractivity contribution in [3.8, 4) is 0 Å². The summed E-state index contributed by atoms with van der Waals surface area (Å²) < 4.78 is 12.6. The maximum atomic E-state index is 6.42. The zero-order valence-electron chi connectivity index (χ0n) is 17.3. The lowest BCUT2D eigenvalue weighted by Crippen LogP contribution is -2.41. The summed E-state index contributed by atoms with van der Waals surface area (Å²) in [5, 5.41) is 1.92. The summed E-state index contributed by atoms with van der Waals surface area (Å²) in [5.41, 5.74) is 1.79. The van der Waals surface area contributed by atoms with Crippen LogP contribution in [-0.2, 0) is 9.31 Å². The molecule has 1 saturated heterocycles. The lowest BCUT2D eigenvalue weighted by atomic mass is 9.73. The predicted octanol–water partition coefficient (Wildman–Crippen LogP) is 6.25. The summed E-state index contributed by atoms with van der Waals surface area (Å²) >= 11 is 25.2. The number of hydrogen-bond donors (Lipinski definition) is 0. The molecule has 0 unspecified atom stereocenters. The molecule has 2 aromatic carbocycles. The van der Waals surface area contributed by atoms with Gasteiger partial charge in [0.1, 0.15) is 0 Å². The zero-order valence-corrected chi connectivity index (χ0v) is 20.3. The number of halogens is 4. The van der Waals surface area contributed by atoms with Gasteiger partial charge in [-0.25, -0.2) is 0 Å². The van der Waals surface area contributed by atoms with Crippen LogP contribution < -0.4 is 5.46 Å². The van der Waals surface area contributed by atoms with E-state index in [4.69, 9.17) is 55.7 Å². The summed E-state index contributed by atoms with van der Waals surface area (Å²) in [6.45, 7) is 8.08. The first-order valence-electron chi connectivity index (χ1n) is 9.30. The van der Waals surface area contributed by atoms with Crippen LogP contribution in [0.25, 0.3) is 0 Å². The zero-order chi connectivity index (χ0) is 21.7. The lowest BCUT2D eigenvalue weighted by Gasteiger charge is -2.32. The smallest absolute Gasteiger partial charge is 0.399 e. The largest absolute Gasteiger partial charge is 0.495 e. The molecular formula is C21H24BCl4NO2. The van der Waals surface area contributed by atoms with Crippen LogP contribution in [0.1, 0.15) is 44.9 Å². The first-order chi connectivity index (χ1) is 13.3. The fraction of sp³-hybridized carbons (Fsp3) is 0.429. The van der Waals surface area contributed by atoms with Crippen LogP contribution in [0.5, 0.6) is 0 Å². The molecule has 8 heteroatoms. The molecule has 0 amide bonds. The van der Waals surface area contributed by atoms with Crippen molar-refractivity contribution in [1.29, 1.82) is 0 Å².